The highest BCUT2D eigenvalue weighted by atomic mass is 16.5. The summed E-state index contributed by atoms with van der Waals surface area (Å²) in [6, 6.07) is 0.356. The third kappa shape index (κ3) is 2.76. The van der Waals surface area contributed by atoms with Crippen molar-refractivity contribution in [2.75, 3.05) is 14.2 Å². The summed E-state index contributed by atoms with van der Waals surface area (Å²) in [6.45, 7) is 10.9. The summed E-state index contributed by atoms with van der Waals surface area (Å²) in [4.78, 5) is 0. The average molecular weight is 173 g/mol. The monoisotopic (exact) mass is 173 g/mol. The van der Waals surface area contributed by atoms with Gasteiger partial charge in [0, 0.05) is 13.2 Å². The molecule has 0 spiro atoms. The molecule has 0 aliphatic heterocycles. The van der Waals surface area contributed by atoms with Gasteiger partial charge in [0.25, 0.3) is 0 Å². The Morgan fingerprint density at radius 1 is 1.08 bits per heavy atom. The van der Waals surface area contributed by atoms with Gasteiger partial charge in [0.15, 0.2) is 0 Å². The van der Waals surface area contributed by atoms with E-state index in [1.165, 1.54) is 0 Å². The van der Waals surface area contributed by atoms with Crippen molar-refractivity contribution in [2.24, 2.45) is 5.41 Å². The van der Waals surface area contributed by atoms with Crippen LogP contribution in [-0.4, -0.2) is 25.8 Å². The van der Waals surface area contributed by atoms with Gasteiger partial charge >= 0.3 is 0 Å². The van der Waals surface area contributed by atoms with Crippen LogP contribution >= 0.6 is 0 Å². The zero-order chi connectivity index (χ0) is 9.99. The van der Waals surface area contributed by atoms with E-state index in [-0.39, 0.29) is 11.0 Å². The van der Waals surface area contributed by atoms with Gasteiger partial charge in [-0.2, -0.15) is 0 Å². The molecule has 0 saturated carbocycles. The smallest absolute Gasteiger partial charge is 0.0780 e. The molecule has 0 heterocycles. The van der Waals surface area contributed by atoms with E-state index in [2.05, 4.69) is 39.9 Å². The fraction of sp³-hybridized carbons (Fsp3) is 1.00. The van der Waals surface area contributed by atoms with E-state index in [0.717, 1.165) is 0 Å². The van der Waals surface area contributed by atoms with Gasteiger partial charge < -0.3 is 10.1 Å². The van der Waals surface area contributed by atoms with Gasteiger partial charge in [-0.3, -0.25) is 0 Å². The largest absolute Gasteiger partial charge is 0.377 e. The highest BCUT2D eigenvalue weighted by Crippen LogP contribution is 2.29. The molecule has 1 unspecified atom stereocenters. The lowest BCUT2D eigenvalue weighted by molar-refractivity contribution is -0.0398. The Hall–Kier alpha value is -0.0800. The fourth-order valence-corrected chi connectivity index (χ4v) is 1.94. The Morgan fingerprint density at radius 3 is 1.58 bits per heavy atom. The van der Waals surface area contributed by atoms with E-state index >= 15 is 0 Å². The molecule has 0 aliphatic carbocycles. The number of ether oxygens (including phenoxy) is 1. The summed E-state index contributed by atoms with van der Waals surface area (Å²) in [5.41, 5.74) is 0.0985. The van der Waals surface area contributed by atoms with E-state index in [9.17, 15) is 0 Å². The number of hydrogen-bond donors (Lipinski definition) is 1. The highest BCUT2D eigenvalue weighted by molar-refractivity contribution is 4.92. The highest BCUT2D eigenvalue weighted by Gasteiger charge is 2.36. The summed E-state index contributed by atoms with van der Waals surface area (Å²) in [5.74, 6) is 0. The van der Waals surface area contributed by atoms with Crippen LogP contribution in [0.3, 0.4) is 0 Å². The van der Waals surface area contributed by atoms with Gasteiger partial charge in [0.2, 0.25) is 0 Å². The maximum Gasteiger partial charge on any atom is 0.0780 e. The van der Waals surface area contributed by atoms with E-state index in [0.29, 0.717) is 6.04 Å². The molecule has 74 valence electrons. The summed E-state index contributed by atoms with van der Waals surface area (Å²) in [7, 11) is 3.74. The van der Waals surface area contributed by atoms with Gasteiger partial charge in [0.05, 0.1) is 5.60 Å². The number of rotatable bonds is 3. The van der Waals surface area contributed by atoms with Crippen LogP contribution in [0.2, 0.25) is 0 Å². The summed E-state index contributed by atoms with van der Waals surface area (Å²) in [6.07, 6.45) is 0. The van der Waals surface area contributed by atoms with Crippen LogP contribution in [0.15, 0.2) is 0 Å². The molecule has 0 amide bonds. The number of methoxy groups -OCH3 is 1. The first-order valence-electron chi connectivity index (χ1n) is 4.48. The molecule has 0 aromatic heterocycles. The van der Waals surface area contributed by atoms with Crippen molar-refractivity contribution in [1.29, 1.82) is 0 Å². The van der Waals surface area contributed by atoms with Crippen molar-refractivity contribution in [2.45, 2.75) is 46.3 Å². The minimum absolute atomic E-state index is 0.118. The van der Waals surface area contributed by atoms with E-state index in [1.54, 1.807) is 7.11 Å². The number of hydrogen-bond acceptors (Lipinski definition) is 2. The standard InChI is InChI=1S/C10H23NO/c1-9(2,3)8(11-6)10(4,5)12-7/h8,11H,1-7H3. The molecule has 0 fully saturated rings. The minimum atomic E-state index is -0.118. The van der Waals surface area contributed by atoms with Gasteiger partial charge in [-0.1, -0.05) is 20.8 Å². The predicted octanol–water partition coefficient (Wildman–Crippen LogP) is 2.05. The van der Waals surface area contributed by atoms with Crippen molar-refractivity contribution in [1.82, 2.24) is 5.32 Å². The van der Waals surface area contributed by atoms with Crippen molar-refractivity contribution in [3.63, 3.8) is 0 Å². The average Bonchev–Trinajstić information content (AvgIpc) is 1.85. The van der Waals surface area contributed by atoms with Crippen molar-refractivity contribution in [3.8, 4) is 0 Å². The molecule has 1 N–H and O–H groups in total. The molecular weight excluding hydrogens is 150 g/mol. The molecule has 2 nitrogen and oxygen atoms in total. The Balaban J connectivity index is 4.56. The maximum absolute atomic E-state index is 5.45. The Kier molecular flexibility index (Phi) is 3.73. The van der Waals surface area contributed by atoms with Crippen molar-refractivity contribution < 1.29 is 4.74 Å². The molecule has 0 radical (unpaired) electrons. The van der Waals surface area contributed by atoms with Crippen molar-refractivity contribution in [3.05, 3.63) is 0 Å². The van der Waals surface area contributed by atoms with Gasteiger partial charge in [-0.25, -0.2) is 0 Å². The summed E-state index contributed by atoms with van der Waals surface area (Å²) in [5, 5.41) is 3.31. The molecule has 0 aromatic carbocycles. The second-order valence-electron chi connectivity index (χ2n) is 4.90. The Bertz CT molecular complexity index is 135. The van der Waals surface area contributed by atoms with Gasteiger partial charge in [-0.05, 0) is 26.3 Å². The van der Waals surface area contributed by atoms with Crippen molar-refractivity contribution >= 4 is 0 Å². The third-order valence-corrected chi connectivity index (χ3v) is 2.38. The van der Waals surface area contributed by atoms with E-state index in [4.69, 9.17) is 4.74 Å². The first-order chi connectivity index (χ1) is 5.25. The molecule has 1 atom stereocenters. The van der Waals surface area contributed by atoms with Gasteiger partial charge in [0.1, 0.15) is 0 Å². The Morgan fingerprint density at radius 2 is 1.50 bits per heavy atom. The molecule has 0 saturated heterocycles. The SMILES string of the molecule is CNC(C(C)(C)C)C(C)(C)OC. The second-order valence-corrected chi connectivity index (χ2v) is 4.90. The van der Waals surface area contributed by atoms with E-state index in [1.807, 2.05) is 7.05 Å². The first kappa shape index (κ1) is 11.9. The maximum atomic E-state index is 5.45. The van der Waals surface area contributed by atoms with Crippen LogP contribution in [0.5, 0.6) is 0 Å². The molecule has 2 heteroatoms. The van der Waals surface area contributed by atoms with Crippen LogP contribution < -0.4 is 5.32 Å². The first-order valence-corrected chi connectivity index (χ1v) is 4.48. The minimum Gasteiger partial charge on any atom is -0.377 e. The topological polar surface area (TPSA) is 21.3 Å². The number of nitrogens with one attached hydrogen (secondary N) is 1. The molecule has 12 heavy (non-hydrogen) atoms. The van der Waals surface area contributed by atoms with E-state index < -0.39 is 0 Å². The van der Waals surface area contributed by atoms with Crippen LogP contribution in [0.1, 0.15) is 34.6 Å². The van der Waals surface area contributed by atoms with Crippen LogP contribution in [0.4, 0.5) is 0 Å². The Labute approximate surface area is 76.7 Å². The normalized spacial score (nSPS) is 16.2. The summed E-state index contributed by atoms with van der Waals surface area (Å²) >= 11 is 0. The lowest BCUT2D eigenvalue weighted by Gasteiger charge is -2.41. The number of likely N-dealkylation sites (N-methyl/N-ethyl adjacent to an activating group) is 1. The lowest BCUT2D eigenvalue weighted by atomic mass is 9.78. The van der Waals surface area contributed by atoms with Crippen LogP contribution in [0, 0.1) is 5.41 Å². The van der Waals surface area contributed by atoms with Crippen LogP contribution in [0.25, 0.3) is 0 Å². The second kappa shape index (κ2) is 3.75. The predicted molar refractivity (Wildman–Crippen MR) is 53.4 cm³/mol. The molecule has 0 aliphatic rings. The molecule has 0 aromatic rings. The molecular formula is C10H23NO. The molecule has 0 bridgehead atoms. The zero-order valence-corrected chi connectivity index (χ0v) is 9.49. The summed E-state index contributed by atoms with van der Waals surface area (Å²) < 4.78 is 5.45. The lowest BCUT2D eigenvalue weighted by Crippen LogP contribution is -2.54. The van der Waals surface area contributed by atoms with Crippen LogP contribution in [-0.2, 0) is 4.74 Å². The zero-order valence-electron chi connectivity index (χ0n) is 9.49. The molecule has 0 rings (SSSR count). The fourth-order valence-electron chi connectivity index (χ4n) is 1.94. The quantitative estimate of drug-likeness (QED) is 0.705. The van der Waals surface area contributed by atoms with Gasteiger partial charge in [-0.15, -0.1) is 0 Å². The third-order valence-electron chi connectivity index (χ3n) is 2.38.